The molecule has 18 heavy (non-hydrogen) atoms. The molecule has 2 rings (SSSR count). The standard InChI is InChI=1S/C14H19N3O/c1-10(2)17(8-9-18)13-6-7-16-14-11(13)4-3-5-12(14)15/h3-7,10,18H,8-9,15H2,1-2H3. The molecule has 0 radical (unpaired) electrons. The summed E-state index contributed by atoms with van der Waals surface area (Å²) in [6, 6.07) is 8.08. The van der Waals surface area contributed by atoms with E-state index >= 15 is 0 Å². The molecule has 0 aliphatic carbocycles. The van der Waals surface area contributed by atoms with Crippen LogP contribution in [0.25, 0.3) is 10.9 Å². The van der Waals surface area contributed by atoms with Crippen molar-refractivity contribution in [2.45, 2.75) is 19.9 Å². The Morgan fingerprint density at radius 2 is 2.11 bits per heavy atom. The molecule has 1 heterocycles. The number of aromatic nitrogens is 1. The number of rotatable bonds is 4. The van der Waals surface area contributed by atoms with Crippen molar-refractivity contribution < 1.29 is 5.11 Å². The maximum Gasteiger partial charge on any atom is 0.0951 e. The molecule has 0 bridgehead atoms. The molecular formula is C14H19N3O. The van der Waals surface area contributed by atoms with E-state index in [1.54, 1.807) is 6.20 Å². The summed E-state index contributed by atoms with van der Waals surface area (Å²) in [5.74, 6) is 0. The van der Waals surface area contributed by atoms with Crippen LogP contribution in [0.1, 0.15) is 13.8 Å². The number of anilines is 2. The van der Waals surface area contributed by atoms with Crippen molar-refractivity contribution in [1.82, 2.24) is 4.98 Å². The van der Waals surface area contributed by atoms with E-state index in [4.69, 9.17) is 5.73 Å². The zero-order chi connectivity index (χ0) is 13.1. The lowest BCUT2D eigenvalue weighted by Crippen LogP contribution is -2.33. The lowest BCUT2D eigenvalue weighted by Gasteiger charge is -2.29. The minimum absolute atomic E-state index is 0.129. The molecule has 2 aromatic rings. The first-order chi connectivity index (χ1) is 8.65. The molecule has 0 saturated carbocycles. The Labute approximate surface area is 107 Å². The summed E-state index contributed by atoms with van der Waals surface area (Å²) >= 11 is 0. The number of aliphatic hydroxyl groups is 1. The Morgan fingerprint density at radius 1 is 1.33 bits per heavy atom. The minimum Gasteiger partial charge on any atom is -0.397 e. The van der Waals surface area contributed by atoms with Crippen LogP contribution < -0.4 is 10.6 Å². The molecule has 0 fully saturated rings. The fourth-order valence-corrected chi connectivity index (χ4v) is 2.20. The smallest absolute Gasteiger partial charge is 0.0951 e. The summed E-state index contributed by atoms with van der Waals surface area (Å²) < 4.78 is 0. The summed E-state index contributed by atoms with van der Waals surface area (Å²) in [5.41, 5.74) is 8.51. The number of benzene rings is 1. The van der Waals surface area contributed by atoms with E-state index in [1.807, 2.05) is 24.3 Å². The Bertz CT molecular complexity index is 540. The zero-order valence-electron chi connectivity index (χ0n) is 10.8. The van der Waals surface area contributed by atoms with Gasteiger partial charge in [0.25, 0.3) is 0 Å². The van der Waals surface area contributed by atoms with Crippen molar-refractivity contribution >= 4 is 22.3 Å². The molecule has 0 atom stereocenters. The molecule has 96 valence electrons. The Kier molecular flexibility index (Phi) is 3.67. The Balaban J connectivity index is 2.59. The summed E-state index contributed by atoms with van der Waals surface area (Å²) in [6.07, 6.45) is 1.76. The van der Waals surface area contributed by atoms with Gasteiger partial charge < -0.3 is 15.7 Å². The third-order valence-electron chi connectivity index (χ3n) is 3.05. The van der Waals surface area contributed by atoms with Gasteiger partial charge in [-0.15, -0.1) is 0 Å². The second-order valence-corrected chi connectivity index (χ2v) is 4.58. The number of pyridine rings is 1. The van der Waals surface area contributed by atoms with Crippen molar-refractivity contribution in [3.8, 4) is 0 Å². The van der Waals surface area contributed by atoms with E-state index in [1.165, 1.54) is 0 Å². The average molecular weight is 245 g/mol. The van der Waals surface area contributed by atoms with Crippen LogP contribution in [0, 0.1) is 0 Å². The van der Waals surface area contributed by atoms with Gasteiger partial charge in [0.05, 0.1) is 17.8 Å². The Morgan fingerprint density at radius 3 is 2.78 bits per heavy atom. The van der Waals surface area contributed by atoms with Gasteiger partial charge in [-0.05, 0) is 26.0 Å². The van der Waals surface area contributed by atoms with Crippen LogP contribution in [0.5, 0.6) is 0 Å². The molecule has 0 aliphatic heterocycles. The van der Waals surface area contributed by atoms with Crippen molar-refractivity contribution in [3.63, 3.8) is 0 Å². The molecule has 0 amide bonds. The number of hydrogen-bond acceptors (Lipinski definition) is 4. The van der Waals surface area contributed by atoms with Crippen LogP contribution in [0.4, 0.5) is 11.4 Å². The molecule has 4 heteroatoms. The van der Waals surface area contributed by atoms with E-state index in [0.717, 1.165) is 16.6 Å². The molecule has 4 nitrogen and oxygen atoms in total. The molecule has 0 saturated heterocycles. The summed E-state index contributed by atoms with van der Waals surface area (Å²) in [7, 11) is 0. The third-order valence-corrected chi connectivity index (χ3v) is 3.05. The summed E-state index contributed by atoms with van der Waals surface area (Å²) in [5, 5.41) is 10.2. The predicted molar refractivity (Wildman–Crippen MR) is 75.7 cm³/mol. The lowest BCUT2D eigenvalue weighted by atomic mass is 10.1. The van der Waals surface area contributed by atoms with Crippen molar-refractivity contribution in [3.05, 3.63) is 30.5 Å². The van der Waals surface area contributed by atoms with Crippen LogP contribution in [-0.4, -0.2) is 29.3 Å². The SMILES string of the molecule is CC(C)N(CCO)c1ccnc2c(N)cccc12. The number of nitrogen functional groups attached to an aromatic ring is 1. The Hall–Kier alpha value is -1.81. The molecule has 1 aromatic carbocycles. The van der Waals surface area contributed by atoms with Crippen LogP contribution in [0.3, 0.4) is 0 Å². The molecule has 0 unspecified atom stereocenters. The van der Waals surface area contributed by atoms with Gasteiger partial charge in [0.2, 0.25) is 0 Å². The highest BCUT2D eigenvalue weighted by atomic mass is 16.3. The maximum atomic E-state index is 9.19. The van der Waals surface area contributed by atoms with E-state index in [0.29, 0.717) is 18.3 Å². The van der Waals surface area contributed by atoms with Crippen molar-refractivity contribution in [1.29, 1.82) is 0 Å². The van der Waals surface area contributed by atoms with Crippen LogP contribution >= 0.6 is 0 Å². The van der Waals surface area contributed by atoms with E-state index < -0.39 is 0 Å². The second-order valence-electron chi connectivity index (χ2n) is 4.58. The van der Waals surface area contributed by atoms with Gasteiger partial charge in [0, 0.05) is 29.9 Å². The first kappa shape index (κ1) is 12.6. The highest BCUT2D eigenvalue weighted by Crippen LogP contribution is 2.29. The van der Waals surface area contributed by atoms with E-state index in [9.17, 15) is 5.11 Å². The number of hydrogen-bond donors (Lipinski definition) is 2. The van der Waals surface area contributed by atoms with E-state index in [-0.39, 0.29) is 6.61 Å². The summed E-state index contributed by atoms with van der Waals surface area (Å²) in [4.78, 5) is 6.49. The fourth-order valence-electron chi connectivity index (χ4n) is 2.20. The number of aliphatic hydroxyl groups excluding tert-OH is 1. The van der Waals surface area contributed by atoms with Crippen molar-refractivity contribution in [2.24, 2.45) is 0 Å². The maximum absolute atomic E-state index is 9.19. The normalized spacial score (nSPS) is 11.1. The monoisotopic (exact) mass is 245 g/mol. The summed E-state index contributed by atoms with van der Waals surface area (Å²) in [6.45, 7) is 4.94. The van der Waals surface area contributed by atoms with Gasteiger partial charge >= 0.3 is 0 Å². The zero-order valence-corrected chi connectivity index (χ0v) is 10.8. The molecule has 0 spiro atoms. The van der Waals surface area contributed by atoms with Gasteiger partial charge in [-0.1, -0.05) is 12.1 Å². The van der Waals surface area contributed by atoms with Crippen LogP contribution in [0.15, 0.2) is 30.5 Å². The van der Waals surface area contributed by atoms with Gasteiger partial charge in [0.15, 0.2) is 0 Å². The van der Waals surface area contributed by atoms with Gasteiger partial charge in [0.1, 0.15) is 0 Å². The minimum atomic E-state index is 0.129. The van der Waals surface area contributed by atoms with E-state index in [2.05, 4.69) is 23.7 Å². The molecule has 0 aliphatic rings. The van der Waals surface area contributed by atoms with Crippen molar-refractivity contribution in [2.75, 3.05) is 23.8 Å². The highest BCUT2D eigenvalue weighted by Gasteiger charge is 2.13. The molecule has 1 aromatic heterocycles. The predicted octanol–water partition coefficient (Wildman–Crippen LogP) is 2.02. The highest BCUT2D eigenvalue weighted by molar-refractivity contribution is 5.98. The van der Waals surface area contributed by atoms with Gasteiger partial charge in [-0.25, -0.2) is 0 Å². The van der Waals surface area contributed by atoms with Crippen LogP contribution in [0.2, 0.25) is 0 Å². The van der Waals surface area contributed by atoms with Gasteiger partial charge in [-0.3, -0.25) is 4.98 Å². The lowest BCUT2D eigenvalue weighted by molar-refractivity contribution is 0.299. The average Bonchev–Trinajstić information content (AvgIpc) is 2.36. The number of fused-ring (bicyclic) bond motifs is 1. The quantitative estimate of drug-likeness (QED) is 0.809. The number of nitrogens with zero attached hydrogens (tertiary/aromatic N) is 2. The molecule has 3 N–H and O–H groups in total. The number of para-hydroxylation sites is 1. The first-order valence-corrected chi connectivity index (χ1v) is 6.16. The fraction of sp³-hybridized carbons (Fsp3) is 0.357. The number of nitrogens with two attached hydrogens (primary N) is 1. The topological polar surface area (TPSA) is 62.4 Å². The van der Waals surface area contributed by atoms with Crippen LogP contribution in [-0.2, 0) is 0 Å². The van der Waals surface area contributed by atoms with Gasteiger partial charge in [-0.2, -0.15) is 0 Å². The largest absolute Gasteiger partial charge is 0.397 e. The molecular weight excluding hydrogens is 226 g/mol. The second kappa shape index (κ2) is 5.23. The first-order valence-electron chi connectivity index (χ1n) is 6.16. The third kappa shape index (κ3) is 2.24.